The molecule has 0 bridgehead atoms. The van der Waals surface area contributed by atoms with Crippen LogP contribution in [0.25, 0.3) is 0 Å². The number of pyridine rings is 1. The average molecular weight is 152 g/mol. The van der Waals surface area contributed by atoms with Gasteiger partial charge in [-0.25, -0.2) is 4.98 Å². The third-order valence-electron chi connectivity index (χ3n) is 1.17. The number of nitrogens with zero attached hydrogens (tertiary/aromatic N) is 1. The number of carbonyl (C=O) groups is 1. The Morgan fingerprint density at radius 2 is 2.45 bits per heavy atom. The minimum Gasteiger partial charge on any atom is -0.481 e. The van der Waals surface area contributed by atoms with Gasteiger partial charge in [-0.05, 0) is 6.07 Å². The van der Waals surface area contributed by atoms with Gasteiger partial charge in [0.05, 0.1) is 19.0 Å². The molecule has 0 unspecified atom stereocenters. The molecule has 0 fully saturated rings. The van der Waals surface area contributed by atoms with E-state index < -0.39 is 0 Å². The Bertz CT molecular complexity index is 233. The van der Waals surface area contributed by atoms with Crippen LogP contribution in [0.4, 0.5) is 5.69 Å². The van der Waals surface area contributed by atoms with E-state index >= 15 is 0 Å². The number of methoxy groups -OCH3 is 1. The average Bonchev–Trinajstić information content (AvgIpc) is 2.07. The van der Waals surface area contributed by atoms with Crippen molar-refractivity contribution in [1.82, 2.24) is 4.98 Å². The van der Waals surface area contributed by atoms with E-state index in [1.54, 1.807) is 12.1 Å². The molecule has 1 rings (SSSR count). The molecule has 1 N–H and O–H groups in total. The van der Waals surface area contributed by atoms with Gasteiger partial charge in [0, 0.05) is 6.07 Å². The van der Waals surface area contributed by atoms with Gasteiger partial charge < -0.3 is 10.1 Å². The molecule has 0 aliphatic carbocycles. The quantitative estimate of drug-likeness (QED) is 0.647. The molecule has 0 saturated carbocycles. The number of aromatic nitrogens is 1. The number of hydrogen-bond acceptors (Lipinski definition) is 3. The SMILES string of the molecule is COc1ccc(NC=O)cn1. The second kappa shape index (κ2) is 3.55. The lowest BCUT2D eigenvalue weighted by molar-refractivity contribution is -0.105. The van der Waals surface area contributed by atoms with Crippen LogP contribution in [0.5, 0.6) is 5.88 Å². The van der Waals surface area contributed by atoms with Gasteiger partial charge in [0.2, 0.25) is 12.3 Å². The third-order valence-corrected chi connectivity index (χ3v) is 1.17. The van der Waals surface area contributed by atoms with Crippen molar-refractivity contribution in [3.05, 3.63) is 18.3 Å². The van der Waals surface area contributed by atoms with Crippen molar-refractivity contribution in [3.8, 4) is 5.88 Å². The smallest absolute Gasteiger partial charge is 0.213 e. The van der Waals surface area contributed by atoms with Gasteiger partial charge in [0.1, 0.15) is 0 Å². The zero-order valence-electron chi connectivity index (χ0n) is 6.07. The van der Waals surface area contributed by atoms with Crippen LogP contribution in [0.3, 0.4) is 0 Å². The van der Waals surface area contributed by atoms with Crippen LogP contribution >= 0.6 is 0 Å². The van der Waals surface area contributed by atoms with Gasteiger partial charge in [-0.2, -0.15) is 0 Å². The topological polar surface area (TPSA) is 51.2 Å². The van der Waals surface area contributed by atoms with Gasteiger partial charge in [0.25, 0.3) is 0 Å². The van der Waals surface area contributed by atoms with Crippen LogP contribution in [0, 0.1) is 0 Å². The Balaban J connectivity index is 2.74. The highest BCUT2D eigenvalue weighted by atomic mass is 16.5. The van der Waals surface area contributed by atoms with Gasteiger partial charge in [-0.3, -0.25) is 4.79 Å². The molecule has 1 heterocycles. The highest BCUT2D eigenvalue weighted by Crippen LogP contribution is 2.09. The summed E-state index contributed by atoms with van der Waals surface area (Å²) in [4.78, 5) is 13.8. The zero-order chi connectivity index (χ0) is 8.10. The van der Waals surface area contributed by atoms with E-state index in [9.17, 15) is 4.79 Å². The molecule has 0 radical (unpaired) electrons. The lowest BCUT2D eigenvalue weighted by Gasteiger charge is -1.99. The molecular formula is C7H8N2O2. The predicted molar refractivity (Wildman–Crippen MR) is 40.5 cm³/mol. The monoisotopic (exact) mass is 152 g/mol. The van der Waals surface area contributed by atoms with E-state index in [0.717, 1.165) is 0 Å². The second-order valence-electron chi connectivity index (χ2n) is 1.85. The molecule has 0 aliphatic rings. The van der Waals surface area contributed by atoms with E-state index in [1.807, 2.05) is 0 Å². The summed E-state index contributed by atoms with van der Waals surface area (Å²) in [7, 11) is 1.54. The van der Waals surface area contributed by atoms with Crippen LogP contribution in [0.2, 0.25) is 0 Å². The Hall–Kier alpha value is -1.58. The fourth-order valence-corrected chi connectivity index (χ4v) is 0.654. The summed E-state index contributed by atoms with van der Waals surface area (Å²) in [6.45, 7) is 0. The minimum absolute atomic E-state index is 0.529. The van der Waals surface area contributed by atoms with E-state index in [4.69, 9.17) is 4.74 Å². The summed E-state index contributed by atoms with van der Waals surface area (Å²) < 4.78 is 4.82. The van der Waals surface area contributed by atoms with Crippen LogP contribution in [0.15, 0.2) is 18.3 Å². The van der Waals surface area contributed by atoms with Crippen LogP contribution in [0.1, 0.15) is 0 Å². The largest absolute Gasteiger partial charge is 0.481 e. The summed E-state index contributed by atoms with van der Waals surface area (Å²) in [5.74, 6) is 0.529. The van der Waals surface area contributed by atoms with Crippen molar-refractivity contribution in [3.63, 3.8) is 0 Å². The summed E-state index contributed by atoms with van der Waals surface area (Å²) in [5.41, 5.74) is 0.654. The van der Waals surface area contributed by atoms with E-state index in [1.165, 1.54) is 13.3 Å². The maximum atomic E-state index is 9.96. The summed E-state index contributed by atoms with van der Waals surface area (Å²) in [5, 5.41) is 2.46. The van der Waals surface area contributed by atoms with Crippen LogP contribution in [-0.4, -0.2) is 18.5 Å². The van der Waals surface area contributed by atoms with Crippen molar-refractivity contribution in [2.75, 3.05) is 12.4 Å². The number of anilines is 1. The number of ether oxygens (including phenoxy) is 1. The van der Waals surface area contributed by atoms with Gasteiger partial charge in [-0.1, -0.05) is 0 Å². The minimum atomic E-state index is 0.529. The predicted octanol–water partition coefficient (Wildman–Crippen LogP) is 0.658. The molecule has 0 spiro atoms. The molecule has 0 aromatic carbocycles. The van der Waals surface area contributed by atoms with E-state index in [0.29, 0.717) is 18.0 Å². The zero-order valence-corrected chi connectivity index (χ0v) is 6.07. The van der Waals surface area contributed by atoms with Crippen molar-refractivity contribution < 1.29 is 9.53 Å². The molecule has 58 valence electrons. The number of hydrogen-bond donors (Lipinski definition) is 1. The molecule has 0 saturated heterocycles. The van der Waals surface area contributed by atoms with Crippen LogP contribution < -0.4 is 10.1 Å². The lowest BCUT2D eigenvalue weighted by atomic mass is 10.4. The first-order valence-corrected chi connectivity index (χ1v) is 3.07. The van der Waals surface area contributed by atoms with Crippen molar-refractivity contribution in [1.29, 1.82) is 0 Å². The summed E-state index contributed by atoms with van der Waals surface area (Å²) >= 11 is 0. The van der Waals surface area contributed by atoms with E-state index in [-0.39, 0.29) is 0 Å². The Kier molecular flexibility index (Phi) is 2.43. The van der Waals surface area contributed by atoms with E-state index in [2.05, 4.69) is 10.3 Å². The highest BCUT2D eigenvalue weighted by Gasteiger charge is 1.91. The first-order valence-electron chi connectivity index (χ1n) is 3.07. The molecule has 0 aliphatic heterocycles. The molecule has 1 aromatic heterocycles. The molecule has 1 amide bonds. The highest BCUT2D eigenvalue weighted by molar-refractivity contribution is 5.70. The normalized spacial score (nSPS) is 8.82. The molecule has 4 heteroatoms. The third kappa shape index (κ3) is 1.93. The van der Waals surface area contributed by atoms with Gasteiger partial charge in [0.15, 0.2) is 0 Å². The Morgan fingerprint density at radius 3 is 2.91 bits per heavy atom. The fraction of sp³-hybridized carbons (Fsp3) is 0.143. The van der Waals surface area contributed by atoms with Gasteiger partial charge in [-0.15, -0.1) is 0 Å². The molecule has 0 atom stereocenters. The number of amides is 1. The van der Waals surface area contributed by atoms with Crippen molar-refractivity contribution in [2.24, 2.45) is 0 Å². The number of carbonyl (C=O) groups excluding carboxylic acids is 1. The summed E-state index contributed by atoms with van der Waals surface area (Å²) in [6.07, 6.45) is 2.12. The fourth-order valence-electron chi connectivity index (χ4n) is 0.654. The number of nitrogens with one attached hydrogen (secondary N) is 1. The summed E-state index contributed by atoms with van der Waals surface area (Å²) in [6, 6.07) is 3.38. The first-order chi connectivity index (χ1) is 5.36. The van der Waals surface area contributed by atoms with Crippen molar-refractivity contribution >= 4 is 12.1 Å². The number of rotatable bonds is 3. The molecule has 1 aromatic rings. The molecule has 11 heavy (non-hydrogen) atoms. The maximum absolute atomic E-state index is 9.96. The molecular weight excluding hydrogens is 144 g/mol. The standard InChI is InChI=1S/C7H8N2O2/c1-11-7-3-2-6(4-8-7)9-5-10/h2-5H,1H3,(H,9,10). The first kappa shape index (κ1) is 7.53. The maximum Gasteiger partial charge on any atom is 0.213 e. The molecule has 4 nitrogen and oxygen atoms in total. The van der Waals surface area contributed by atoms with Crippen molar-refractivity contribution in [2.45, 2.75) is 0 Å². The van der Waals surface area contributed by atoms with Crippen LogP contribution in [-0.2, 0) is 4.79 Å². The Labute approximate surface area is 64.2 Å². The van der Waals surface area contributed by atoms with Gasteiger partial charge >= 0.3 is 0 Å². The lowest BCUT2D eigenvalue weighted by Crippen LogP contribution is -1.94. The second-order valence-corrected chi connectivity index (χ2v) is 1.85. The Morgan fingerprint density at radius 1 is 1.64 bits per heavy atom.